The molecule has 2 saturated heterocycles. The molecule has 6 heteroatoms. The predicted molar refractivity (Wildman–Crippen MR) is 143 cm³/mol. The number of aromatic nitrogens is 1. The van der Waals surface area contributed by atoms with Crippen molar-refractivity contribution < 1.29 is 9.59 Å². The van der Waals surface area contributed by atoms with Crippen LogP contribution in [0.2, 0.25) is 0 Å². The molecule has 1 atom stereocenters. The topological polar surface area (TPSA) is 56.8 Å². The van der Waals surface area contributed by atoms with Crippen LogP contribution < -0.4 is 0 Å². The zero-order valence-corrected chi connectivity index (χ0v) is 21.3. The first kappa shape index (κ1) is 23.9. The highest BCUT2D eigenvalue weighted by atomic mass is 16.2. The maximum absolute atomic E-state index is 14.0. The second-order valence-corrected chi connectivity index (χ2v) is 10.6. The first-order valence-corrected chi connectivity index (χ1v) is 13.5. The van der Waals surface area contributed by atoms with Gasteiger partial charge in [-0.3, -0.25) is 19.6 Å². The van der Waals surface area contributed by atoms with Crippen LogP contribution in [0.25, 0.3) is 0 Å². The highest BCUT2D eigenvalue weighted by Gasteiger charge is 2.58. The number of urea groups is 1. The molecule has 3 amide bonds. The molecule has 2 aliphatic heterocycles. The maximum atomic E-state index is 14.0. The van der Waals surface area contributed by atoms with Gasteiger partial charge in [-0.05, 0) is 67.3 Å². The Balaban J connectivity index is 1.21. The molecule has 3 aromatic rings. The molecule has 0 N–H and O–H groups in total. The smallest absolute Gasteiger partial charge is 0.309 e. The zero-order chi connectivity index (χ0) is 25.2. The number of imide groups is 1. The summed E-state index contributed by atoms with van der Waals surface area (Å²) in [5.41, 5.74) is 4.09. The Labute approximate surface area is 218 Å². The van der Waals surface area contributed by atoms with Gasteiger partial charge in [-0.25, -0.2) is 4.79 Å². The van der Waals surface area contributed by atoms with Gasteiger partial charge in [-0.15, -0.1) is 0 Å². The average molecular weight is 495 g/mol. The number of amides is 3. The summed E-state index contributed by atoms with van der Waals surface area (Å²) in [6.45, 7) is 2.45. The van der Waals surface area contributed by atoms with Crippen molar-refractivity contribution in [3.8, 4) is 0 Å². The van der Waals surface area contributed by atoms with E-state index in [0.29, 0.717) is 25.4 Å². The van der Waals surface area contributed by atoms with Crippen LogP contribution in [0.1, 0.15) is 41.6 Å². The van der Waals surface area contributed by atoms with Crippen molar-refractivity contribution in [1.82, 2.24) is 19.7 Å². The van der Waals surface area contributed by atoms with Gasteiger partial charge in [0, 0.05) is 31.9 Å². The molecule has 37 heavy (non-hydrogen) atoms. The van der Waals surface area contributed by atoms with Gasteiger partial charge in [0.15, 0.2) is 0 Å². The highest BCUT2D eigenvalue weighted by Crippen LogP contribution is 2.39. The van der Waals surface area contributed by atoms with E-state index in [1.54, 1.807) is 6.20 Å². The molecule has 0 saturated carbocycles. The monoisotopic (exact) mass is 494 g/mol. The summed E-state index contributed by atoms with van der Waals surface area (Å²) in [6, 6.07) is 25.0. The normalized spacial score (nSPS) is 21.5. The van der Waals surface area contributed by atoms with Crippen LogP contribution in [0.4, 0.5) is 4.79 Å². The Morgan fingerprint density at radius 3 is 2.35 bits per heavy atom. The first-order chi connectivity index (χ1) is 18.1. The summed E-state index contributed by atoms with van der Waals surface area (Å²) >= 11 is 0. The van der Waals surface area contributed by atoms with Crippen molar-refractivity contribution in [3.63, 3.8) is 0 Å². The third-order valence-corrected chi connectivity index (χ3v) is 8.60. The van der Waals surface area contributed by atoms with Gasteiger partial charge in [0.25, 0.3) is 5.91 Å². The highest BCUT2D eigenvalue weighted by molar-refractivity contribution is 6.07. The van der Waals surface area contributed by atoms with Crippen molar-refractivity contribution in [2.75, 3.05) is 19.6 Å². The van der Waals surface area contributed by atoms with E-state index in [4.69, 9.17) is 0 Å². The zero-order valence-electron chi connectivity index (χ0n) is 21.3. The Hall–Kier alpha value is -3.51. The lowest BCUT2D eigenvalue weighted by Gasteiger charge is -2.45. The van der Waals surface area contributed by atoms with Crippen LogP contribution >= 0.6 is 0 Å². The fourth-order valence-corrected chi connectivity index (χ4v) is 6.50. The summed E-state index contributed by atoms with van der Waals surface area (Å²) in [5, 5.41) is 0. The van der Waals surface area contributed by atoms with Gasteiger partial charge >= 0.3 is 6.03 Å². The SMILES string of the molecule is O=C1N(Cc2ccccn2)C(=O)C2(CCN([C@H]3CCc4ccccc4C3)CC2)N1CCc1ccccc1. The Morgan fingerprint density at radius 1 is 0.865 bits per heavy atom. The maximum Gasteiger partial charge on any atom is 0.328 e. The summed E-state index contributed by atoms with van der Waals surface area (Å²) in [5.74, 6) is -0.0511. The van der Waals surface area contributed by atoms with Gasteiger partial charge in [0.05, 0.1) is 12.2 Å². The number of aryl methyl sites for hydroxylation is 1. The lowest BCUT2D eigenvalue weighted by Crippen LogP contribution is -2.58. The molecular formula is C31H34N4O2. The third-order valence-electron chi connectivity index (χ3n) is 8.60. The molecule has 3 heterocycles. The van der Waals surface area contributed by atoms with Gasteiger partial charge in [-0.2, -0.15) is 0 Å². The molecule has 1 aliphatic carbocycles. The van der Waals surface area contributed by atoms with Crippen LogP contribution in [0.3, 0.4) is 0 Å². The van der Waals surface area contributed by atoms with Gasteiger partial charge in [0.2, 0.25) is 0 Å². The lowest BCUT2D eigenvalue weighted by molar-refractivity contribution is -0.136. The van der Waals surface area contributed by atoms with E-state index in [9.17, 15) is 9.59 Å². The molecule has 6 rings (SSSR count). The lowest BCUT2D eigenvalue weighted by atomic mass is 9.82. The van der Waals surface area contributed by atoms with Crippen molar-refractivity contribution in [1.29, 1.82) is 0 Å². The predicted octanol–water partition coefficient (Wildman–Crippen LogP) is 4.48. The van der Waals surface area contributed by atoms with Crippen LogP contribution in [0.15, 0.2) is 79.0 Å². The summed E-state index contributed by atoms with van der Waals surface area (Å²) in [6.07, 6.45) is 7.15. The number of carbonyl (C=O) groups is 2. The number of benzene rings is 2. The Bertz CT molecular complexity index is 1250. The standard InChI is InChI=1S/C31H34N4O2/c36-29-31(16-20-33(21-17-31)28-14-13-25-10-4-5-11-26(25)22-28)35(19-15-24-8-2-1-3-9-24)30(37)34(29)23-27-12-6-7-18-32-27/h1-12,18,28H,13-17,19-23H2/t28-/m0/s1. The molecule has 1 aromatic heterocycles. The Morgan fingerprint density at radius 2 is 1.59 bits per heavy atom. The summed E-state index contributed by atoms with van der Waals surface area (Å²) in [4.78, 5) is 38.0. The van der Waals surface area contributed by atoms with Gasteiger partial charge < -0.3 is 4.90 Å². The van der Waals surface area contributed by atoms with Crippen molar-refractivity contribution >= 4 is 11.9 Å². The van der Waals surface area contributed by atoms with Gasteiger partial charge in [0.1, 0.15) is 5.54 Å². The third kappa shape index (κ3) is 4.55. The average Bonchev–Trinajstić information content (AvgIpc) is 3.14. The molecule has 0 bridgehead atoms. The number of carbonyl (C=O) groups excluding carboxylic acids is 2. The number of rotatable bonds is 6. The molecule has 190 valence electrons. The number of fused-ring (bicyclic) bond motifs is 1. The van der Waals surface area contributed by atoms with E-state index < -0.39 is 5.54 Å². The van der Waals surface area contributed by atoms with E-state index in [1.807, 2.05) is 41.3 Å². The minimum atomic E-state index is -0.760. The van der Waals surface area contributed by atoms with Crippen LogP contribution in [-0.4, -0.2) is 62.8 Å². The quantitative estimate of drug-likeness (QED) is 0.474. The second kappa shape index (κ2) is 10.1. The molecule has 6 nitrogen and oxygen atoms in total. The van der Waals surface area contributed by atoms with E-state index in [1.165, 1.54) is 21.6 Å². The molecule has 0 unspecified atom stereocenters. The van der Waals surface area contributed by atoms with Crippen LogP contribution in [-0.2, 0) is 30.6 Å². The number of pyridine rings is 1. The number of hydrogen-bond donors (Lipinski definition) is 0. The number of piperidine rings is 1. The molecule has 0 radical (unpaired) electrons. The van der Waals surface area contributed by atoms with E-state index in [-0.39, 0.29) is 18.5 Å². The number of likely N-dealkylation sites (tertiary alicyclic amines) is 1. The number of hydrogen-bond acceptors (Lipinski definition) is 4. The van der Waals surface area contributed by atoms with E-state index >= 15 is 0 Å². The fraction of sp³-hybridized carbons (Fsp3) is 0.387. The molecule has 2 fully saturated rings. The largest absolute Gasteiger partial charge is 0.328 e. The minimum absolute atomic E-state index is 0.0511. The summed E-state index contributed by atoms with van der Waals surface area (Å²) in [7, 11) is 0. The van der Waals surface area contributed by atoms with Crippen LogP contribution in [0, 0.1) is 0 Å². The van der Waals surface area contributed by atoms with E-state index in [0.717, 1.165) is 44.5 Å². The molecular weight excluding hydrogens is 460 g/mol. The van der Waals surface area contributed by atoms with Gasteiger partial charge in [-0.1, -0.05) is 60.7 Å². The first-order valence-electron chi connectivity index (χ1n) is 13.5. The van der Waals surface area contributed by atoms with Crippen molar-refractivity contribution in [3.05, 3.63) is 101 Å². The molecule has 1 spiro atoms. The number of nitrogens with zero attached hydrogens (tertiary/aromatic N) is 4. The van der Waals surface area contributed by atoms with Crippen molar-refractivity contribution in [2.45, 2.75) is 56.7 Å². The molecule has 2 aromatic carbocycles. The minimum Gasteiger partial charge on any atom is -0.309 e. The van der Waals surface area contributed by atoms with Crippen molar-refractivity contribution in [2.24, 2.45) is 0 Å². The second-order valence-electron chi connectivity index (χ2n) is 10.6. The van der Waals surface area contributed by atoms with E-state index in [2.05, 4.69) is 46.3 Å². The molecule has 3 aliphatic rings. The summed E-state index contributed by atoms with van der Waals surface area (Å²) < 4.78 is 0. The Kier molecular flexibility index (Phi) is 6.51. The van der Waals surface area contributed by atoms with Crippen LogP contribution in [0.5, 0.6) is 0 Å². The fourth-order valence-electron chi connectivity index (χ4n) is 6.50.